The second-order valence-corrected chi connectivity index (χ2v) is 8.54. The van der Waals surface area contributed by atoms with Gasteiger partial charge in [0.25, 0.3) is 0 Å². The maximum atomic E-state index is 14.1. The molecule has 30 heavy (non-hydrogen) atoms. The number of aromatic hydroxyl groups is 1. The number of benzene rings is 2. The zero-order valence-electron chi connectivity index (χ0n) is 15.7. The van der Waals surface area contributed by atoms with Gasteiger partial charge in [0, 0.05) is 27.2 Å². The normalized spacial score (nSPS) is 23.9. The minimum Gasteiger partial charge on any atom is -0.508 e. The first kappa shape index (κ1) is 20.7. The zero-order valence-corrected chi connectivity index (χ0v) is 17.3. The molecule has 5 nitrogen and oxygen atoms in total. The molecule has 0 spiro atoms. The van der Waals surface area contributed by atoms with Crippen LogP contribution in [0.5, 0.6) is 5.75 Å². The first-order valence-electron chi connectivity index (χ1n) is 9.21. The van der Waals surface area contributed by atoms with Crippen LogP contribution in [0.3, 0.4) is 0 Å². The number of aliphatic hydroxyl groups is 1. The molecule has 0 unspecified atom stereocenters. The number of aromatic amines is 1. The number of hydrogen-bond donors (Lipinski definition) is 4. The highest BCUT2D eigenvalue weighted by Gasteiger charge is 2.62. The lowest BCUT2D eigenvalue weighted by Gasteiger charge is -2.45. The molecule has 4 N–H and O–H groups in total. The van der Waals surface area contributed by atoms with Crippen LogP contribution < -0.4 is 10.9 Å². The highest BCUT2D eigenvalue weighted by molar-refractivity contribution is 9.10. The number of alkyl halides is 3. The van der Waals surface area contributed by atoms with Crippen LogP contribution in [0.15, 0.2) is 51.7 Å². The third-order valence-corrected chi connectivity index (χ3v) is 6.07. The van der Waals surface area contributed by atoms with Crippen molar-refractivity contribution in [2.45, 2.75) is 37.1 Å². The number of pyridine rings is 1. The summed E-state index contributed by atoms with van der Waals surface area (Å²) in [6.07, 6.45) is -5.54. The molecule has 0 radical (unpaired) electrons. The lowest BCUT2D eigenvalue weighted by molar-refractivity contribution is -0.272. The van der Waals surface area contributed by atoms with Crippen molar-refractivity contribution in [2.75, 3.05) is 5.32 Å². The number of hydrogen-bond acceptors (Lipinski definition) is 4. The van der Waals surface area contributed by atoms with E-state index in [9.17, 15) is 28.2 Å². The van der Waals surface area contributed by atoms with E-state index in [0.717, 1.165) is 0 Å². The molecule has 3 atom stereocenters. The van der Waals surface area contributed by atoms with Gasteiger partial charge >= 0.3 is 6.18 Å². The number of halogens is 4. The SMILES string of the molecule is C[C@@H]1C[C@](O)(C(F)(F)F)[C@@H](Nc2cccc3[nH]c(=O)ccc23)c2cc(Br)cc(O)c21. The molecule has 0 fully saturated rings. The smallest absolute Gasteiger partial charge is 0.419 e. The maximum absolute atomic E-state index is 14.1. The van der Waals surface area contributed by atoms with Crippen LogP contribution in [-0.4, -0.2) is 27.0 Å². The molecule has 1 aliphatic rings. The van der Waals surface area contributed by atoms with E-state index in [1.54, 1.807) is 25.1 Å². The Morgan fingerprint density at radius 1 is 1.23 bits per heavy atom. The summed E-state index contributed by atoms with van der Waals surface area (Å²) in [6.45, 7) is 1.54. The second-order valence-electron chi connectivity index (χ2n) is 7.62. The molecule has 1 aliphatic carbocycles. The van der Waals surface area contributed by atoms with Crippen LogP contribution in [0.25, 0.3) is 10.9 Å². The van der Waals surface area contributed by atoms with Crippen molar-refractivity contribution in [1.29, 1.82) is 0 Å². The van der Waals surface area contributed by atoms with Gasteiger partial charge < -0.3 is 20.5 Å². The Morgan fingerprint density at radius 2 is 1.97 bits per heavy atom. The molecule has 158 valence electrons. The zero-order chi connectivity index (χ0) is 21.8. The molecular formula is C21H18BrF3N2O3. The van der Waals surface area contributed by atoms with E-state index < -0.39 is 30.2 Å². The summed E-state index contributed by atoms with van der Waals surface area (Å²) in [4.78, 5) is 14.2. The molecule has 0 amide bonds. The van der Waals surface area contributed by atoms with Crippen LogP contribution in [-0.2, 0) is 0 Å². The number of phenols is 1. The molecule has 0 aliphatic heterocycles. The van der Waals surface area contributed by atoms with Gasteiger partial charge in [-0.15, -0.1) is 0 Å². The van der Waals surface area contributed by atoms with Gasteiger partial charge in [-0.3, -0.25) is 4.79 Å². The lowest BCUT2D eigenvalue weighted by atomic mass is 9.70. The number of aromatic nitrogens is 1. The summed E-state index contributed by atoms with van der Waals surface area (Å²) in [5.41, 5.74) is -2.13. The summed E-state index contributed by atoms with van der Waals surface area (Å²) in [5.74, 6) is -0.855. The molecule has 2 aromatic carbocycles. The lowest BCUT2D eigenvalue weighted by Crippen LogP contribution is -2.55. The van der Waals surface area contributed by atoms with Gasteiger partial charge in [-0.2, -0.15) is 13.2 Å². The maximum Gasteiger partial charge on any atom is 0.419 e. The van der Waals surface area contributed by atoms with Gasteiger partial charge in [0.1, 0.15) is 5.75 Å². The highest BCUT2D eigenvalue weighted by Crippen LogP contribution is 2.54. The third-order valence-electron chi connectivity index (χ3n) is 5.61. The molecule has 1 aromatic heterocycles. The largest absolute Gasteiger partial charge is 0.508 e. The van der Waals surface area contributed by atoms with Crippen LogP contribution in [0.1, 0.15) is 36.4 Å². The summed E-state index contributed by atoms with van der Waals surface area (Å²) in [6, 6.07) is 8.92. The van der Waals surface area contributed by atoms with E-state index in [0.29, 0.717) is 26.6 Å². The van der Waals surface area contributed by atoms with E-state index in [1.165, 1.54) is 24.3 Å². The summed E-state index contributed by atoms with van der Waals surface area (Å²) in [7, 11) is 0. The van der Waals surface area contributed by atoms with E-state index in [2.05, 4.69) is 26.2 Å². The van der Waals surface area contributed by atoms with Crippen molar-refractivity contribution >= 4 is 32.5 Å². The summed E-state index contributed by atoms with van der Waals surface area (Å²) >= 11 is 3.22. The minimum absolute atomic E-state index is 0.134. The second kappa shape index (κ2) is 7.02. The Morgan fingerprint density at radius 3 is 2.67 bits per heavy atom. The van der Waals surface area contributed by atoms with Gasteiger partial charge in [-0.05, 0) is 48.2 Å². The summed E-state index contributed by atoms with van der Waals surface area (Å²) < 4.78 is 42.7. The topological polar surface area (TPSA) is 85.4 Å². The van der Waals surface area contributed by atoms with Gasteiger partial charge in [0.05, 0.1) is 11.6 Å². The first-order chi connectivity index (χ1) is 14.0. The Labute approximate surface area is 177 Å². The number of rotatable bonds is 2. The van der Waals surface area contributed by atoms with Crippen LogP contribution in [0, 0.1) is 0 Å². The van der Waals surface area contributed by atoms with Crippen molar-refractivity contribution in [3.05, 3.63) is 68.4 Å². The molecule has 9 heteroatoms. The molecule has 1 heterocycles. The average Bonchev–Trinajstić information content (AvgIpc) is 2.63. The molecule has 4 rings (SSSR count). The van der Waals surface area contributed by atoms with Crippen molar-refractivity contribution in [3.63, 3.8) is 0 Å². The van der Waals surface area contributed by atoms with E-state index >= 15 is 0 Å². The molecular weight excluding hydrogens is 465 g/mol. The standard InChI is InChI=1S/C21H18BrF3N2O3/c1-10-9-20(30,21(23,24)25)19(13-7-11(22)8-16(28)18(10)13)27-15-4-2-3-14-12(15)5-6-17(29)26-14/h2-8,10,19,27-28,30H,9H2,1H3,(H,26,29)/t10-,19+,20-/m1/s1. The first-order valence-corrected chi connectivity index (χ1v) is 10.0. The van der Waals surface area contributed by atoms with Gasteiger partial charge in [0.15, 0.2) is 5.60 Å². The number of anilines is 1. The van der Waals surface area contributed by atoms with Crippen molar-refractivity contribution in [3.8, 4) is 5.75 Å². The molecule has 0 saturated carbocycles. The minimum atomic E-state index is -4.92. The molecule has 0 bridgehead atoms. The van der Waals surface area contributed by atoms with Crippen molar-refractivity contribution in [2.24, 2.45) is 0 Å². The predicted octanol–water partition coefficient (Wildman–Crippen LogP) is 4.95. The third kappa shape index (κ3) is 3.26. The van der Waals surface area contributed by atoms with E-state index in [-0.39, 0.29) is 16.9 Å². The quantitative estimate of drug-likeness (QED) is 0.416. The fourth-order valence-corrected chi connectivity index (χ4v) is 4.75. The number of nitrogens with one attached hydrogen (secondary N) is 2. The Balaban J connectivity index is 1.94. The predicted molar refractivity (Wildman–Crippen MR) is 111 cm³/mol. The number of phenolic OH excluding ortho intramolecular Hbond substituents is 1. The van der Waals surface area contributed by atoms with Crippen LogP contribution >= 0.6 is 15.9 Å². The highest BCUT2D eigenvalue weighted by atomic mass is 79.9. The van der Waals surface area contributed by atoms with E-state index in [1.807, 2.05) is 0 Å². The van der Waals surface area contributed by atoms with Crippen molar-refractivity contribution < 1.29 is 23.4 Å². The van der Waals surface area contributed by atoms with Crippen LogP contribution in [0.2, 0.25) is 0 Å². The molecule has 3 aromatic rings. The van der Waals surface area contributed by atoms with Gasteiger partial charge in [-0.1, -0.05) is 28.9 Å². The number of fused-ring (bicyclic) bond motifs is 2. The van der Waals surface area contributed by atoms with Gasteiger partial charge in [0.2, 0.25) is 5.56 Å². The Kier molecular flexibility index (Phi) is 4.85. The Bertz CT molecular complexity index is 1190. The fourth-order valence-electron chi connectivity index (χ4n) is 4.29. The number of H-pyrrole nitrogens is 1. The monoisotopic (exact) mass is 482 g/mol. The van der Waals surface area contributed by atoms with Gasteiger partial charge in [-0.25, -0.2) is 0 Å². The summed E-state index contributed by atoms with van der Waals surface area (Å²) in [5, 5.41) is 24.7. The fraction of sp³-hybridized carbons (Fsp3) is 0.286. The average molecular weight is 483 g/mol. The van der Waals surface area contributed by atoms with Crippen LogP contribution in [0.4, 0.5) is 18.9 Å². The van der Waals surface area contributed by atoms with Crippen molar-refractivity contribution in [1.82, 2.24) is 4.98 Å². The molecule has 0 saturated heterocycles. The van der Waals surface area contributed by atoms with E-state index in [4.69, 9.17) is 0 Å². The Hall–Kier alpha value is -2.52.